The second kappa shape index (κ2) is 9.60. The summed E-state index contributed by atoms with van der Waals surface area (Å²) >= 11 is 0. The quantitative estimate of drug-likeness (QED) is 0.412. The molecule has 4 aromatic carbocycles. The van der Waals surface area contributed by atoms with Gasteiger partial charge in [0.1, 0.15) is 11.5 Å². The van der Waals surface area contributed by atoms with Crippen molar-refractivity contribution in [3.05, 3.63) is 84.9 Å². The summed E-state index contributed by atoms with van der Waals surface area (Å²) < 4.78 is 23.3. The molecule has 7 heteroatoms. The van der Waals surface area contributed by atoms with E-state index in [0.29, 0.717) is 11.5 Å². The van der Waals surface area contributed by atoms with Gasteiger partial charge >= 0.3 is 66.9 Å². The molecule has 128 valence electrons. The van der Waals surface area contributed by atoms with Crippen LogP contribution < -0.4 is 9.05 Å². The summed E-state index contributed by atoms with van der Waals surface area (Å²) in [7, 11) is -4.35. The van der Waals surface area contributed by atoms with E-state index in [1.165, 1.54) is 0 Å². The zero-order valence-electron chi connectivity index (χ0n) is 13.2. The van der Waals surface area contributed by atoms with E-state index in [1.807, 2.05) is 60.7 Å². The van der Waals surface area contributed by atoms with Crippen molar-refractivity contribution in [3.63, 3.8) is 0 Å². The van der Waals surface area contributed by atoms with E-state index in [0.717, 1.165) is 21.5 Å². The maximum absolute atomic E-state index is 12.6. The third-order valence-electron chi connectivity index (χ3n) is 3.93. The average molecular weight is 398 g/mol. The minimum atomic E-state index is -4.35. The minimum absolute atomic E-state index is 0. The van der Waals surface area contributed by atoms with E-state index in [4.69, 9.17) is 9.05 Å². The molecule has 0 amide bonds. The van der Waals surface area contributed by atoms with E-state index in [1.54, 1.807) is 24.3 Å². The van der Waals surface area contributed by atoms with Crippen molar-refractivity contribution in [1.29, 1.82) is 0 Å². The normalized spacial score (nSPS) is 10.7. The van der Waals surface area contributed by atoms with Gasteiger partial charge in [0, 0.05) is 10.8 Å². The Morgan fingerprint density at radius 3 is 1.41 bits per heavy atom. The van der Waals surface area contributed by atoms with Crippen LogP contribution in [0.2, 0.25) is 0 Å². The summed E-state index contributed by atoms with van der Waals surface area (Å²) in [6.45, 7) is 0. The van der Waals surface area contributed by atoms with Crippen molar-refractivity contribution in [2.45, 2.75) is 0 Å². The van der Waals surface area contributed by atoms with E-state index >= 15 is 0 Å². The Hall–Kier alpha value is -0.810. The molecule has 0 heterocycles. The van der Waals surface area contributed by atoms with Crippen LogP contribution in [0, 0.1) is 0 Å². The molecule has 1 N–H and O–H groups in total. The number of phosphoric ester groups is 1. The van der Waals surface area contributed by atoms with Crippen LogP contribution in [0.3, 0.4) is 0 Å². The number of hydrogen-bond acceptors (Lipinski definition) is 3. The molecule has 0 spiro atoms. The van der Waals surface area contributed by atoms with Crippen molar-refractivity contribution in [2.75, 3.05) is 0 Å². The molecule has 0 bridgehead atoms. The fourth-order valence-corrected chi connectivity index (χ4v) is 3.67. The fourth-order valence-electron chi connectivity index (χ4n) is 2.82. The van der Waals surface area contributed by atoms with E-state index < -0.39 is 7.82 Å². The van der Waals surface area contributed by atoms with Crippen molar-refractivity contribution in [1.82, 2.24) is 0 Å². The van der Waals surface area contributed by atoms with E-state index in [9.17, 15) is 9.46 Å². The Labute approximate surface area is 201 Å². The van der Waals surface area contributed by atoms with Crippen molar-refractivity contribution >= 4 is 88.5 Å². The van der Waals surface area contributed by atoms with Gasteiger partial charge in [-0.25, -0.2) is 4.57 Å². The third kappa shape index (κ3) is 5.17. The van der Waals surface area contributed by atoms with Crippen molar-refractivity contribution < 1.29 is 18.5 Å². The SMILES string of the molecule is O=P(O)(Oc1cccc2ccccc12)Oc1cccc2ccccc12.[NaH].[NaH]. The molecule has 0 aliphatic heterocycles. The van der Waals surface area contributed by atoms with E-state index in [2.05, 4.69) is 0 Å². The second-order valence-electron chi connectivity index (χ2n) is 5.61. The molecule has 0 saturated carbocycles. The monoisotopic (exact) mass is 398 g/mol. The third-order valence-corrected chi connectivity index (χ3v) is 4.78. The van der Waals surface area contributed by atoms with Gasteiger partial charge in [-0.1, -0.05) is 72.8 Å². The van der Waals surface area contributed by atoms with Crippen LogP contribution in [0.1, 0.15) is 0 Å². The Bertz CT molecular complexity index is 1020. The fraction of sp³-hybridized carbons (Fsp3) is 0. The Morgan fingerprint density at radius 1 is 0.593 bits per heavy atom. The van der Waals surface area contributed by atoms with Crippen LogP contribution in [-0.2, 0) is 4.57 Å². The van der Waals surface area contributed by atoms with Crippen LogP contribution >= 0.6 is 7.82 Å². The van der Waals surface area contributed by atoms with Crippen molar-refractivity contribution in [3.8, 4) is 11.5 Å². The van der Waals surface area contributed by atoms with Gasteiger partial charge in [-0.05, 0) is 22.9 Å². The van der Waals surface area contributed by atoms with Gasteiger partial charge in [0.05, 0.1) is 0 Å². The standard InChI is InChI=1S/C20H15O4P.2Na.2H/c21-25(22,23-19-13-5-9-15-7-1-3-11-17(15)19)24-20-14-6-10-16-8-2-4-12-18(16)20;;;;/h1-14H,(H,21,22);;;;. The van der Waals surface area contributed by atoms with Crippen LogP contribution in [0.15, 0.2) is 84.9 Å². The zero-order valence-corrected chi connectivity index (χ0v) is 14.1. The number of rotatable bonds is 4. The molecular formula is C20H17Na2O4P. The molecule has 4 aromatic rings. The summed E-state index contributed by atoms with van der Waals surface area (Å²) in [6, 6.07) is 25.7. The molecule has 0 aliphatic carbocycles. The number of phosphoric acid groups is 1. The summed E-state index contributed by atoms with van der Waals surface area (Å²) in [5, 5.41) is 3.34. The molecule has 4 nitrogen and oxygen atoms in total. The molecule has 0 atom stereocenters. The molecule has 0 fully saturated rings. The first-order valence-electron chi connectivity index (χ1n) is 7.80. The molecule has 0 aromatic heterocycles. The van der Waals surface area contributed by atoms with E-state index in [-0.39, 0.29) is 59.1 Å². The van der Waals surface area contributed by atoms with Gasteiger partial charge in [-0.15, -0.1) is 0 Å². The average Bonchev–Trinajstić information content (AvgIpc) is 2.62. The molecule has 0 unspecified atom stereocenters. The predicted molar refractivity (Wildman–Crippen MR) is 113 cm³/mol. The molecule has 0 radical (unpaired) electrons. The van der Waals surface area contributed by atoms with Gasteiger partial charge in [-0.2, -0.15) is 0 Å². The number of benzene rings is 4. The van der Waals surface area contributed by atoms with Crippen LogP contribution in [-0.4, -0.2) is 64.0 Å². The summed E-state index contributed by atoms with van der Waals surface area (Å²) in [5.74, 6) is 0.619. The zero-order chi connectivity index (χ0) is 17.3. The topological polar surface area (TPSA) is 55.8 Å². The van der Waals surface area contributed by atoms with Gasteiger partial charge in [-0.3, -0.25) is 4.89 Å². The molecule has 4 rings (SSSR count). The Morgan fingerprint density at radius 2 is 0.963 bits per heavy atom. The van der Waals surface area contributed by atoms with Crippen LogP contribution in [0.4, 0.5) is 0 Å². The Balaban J connectivity index is 0.00000131. The summed E-state index contributed by atoms with van der Waals surface area (Å²) in [5.41, 5.74) is 0. The maximum atomic E-state index is 12.6. The first kappa shape index (κ1) is 22.5. The molecular weight excluding hydrogens is 381 g/mol. The number of fused-ring (bicyclic) bond motifs is 2. The van der Waals surface area contributed by atoms with Crippen LogP contribution in [0.25, 0.3) is 21.5 Å². The van der Waals surface area contributed by atoms with Gasteiger partial charge < -0.3 is 9.05 Å². The van der Waals surface area contributed by atoms with Crippen molar-refractivity contribution in [2.24, 2.45) is 0 Å². The van der Waals surface area contributed by atoms with Gasteiger partial charge in [0.15, 0.2) is 0 Å². The van der Waals surface area contributed by atoms with Gasteiger partial charge in [0.2, 0.25) is 0 Å². The predicted octanol–water partition coefficient (Wildman–Crippen LogP) is 4.25. The number of hydrogen-bond donors (Lipinski definition) is 1. The Kier molecular flexibility index (Phi) is 7.99. The molecule has 0 aliphatic rings. The summed E-state index contributed by atoms with van der Waals surface area (Å²) in [4.78, 5) is 10.3. The van der Waals surface area contributed by atoms with Crippen LogP contribution in [0.5, 0.6) is 11.5 Å². The summed E-state index contributed by atoms with van der Waals surface area (Å²) in [6.07, 6.45) is 0. The van der Waals surface area contributed by atoms with Gasteiger partial charge in [0.25, 0.3) is 0 Å². The first-order chi connectivity index (χ1) is 12.1. The second-order valence-corrected chi connectivity index (χ2v) is 6.91. The first-order valence-corrected chi connectivity index (χ1v) is 9.29. The molecule has 27 heavy (non-hydrogen) atoms. The molecule has 0 saturated heterocycles.